The summed E-state index contributed by atoms with van der Waals surface area (Å²) in [6.07, 6.45) is 0.935. The Kier molecular flexibility index (Phi) is 5.52. The number of rotatable bonds is 1. The fraction of sp³-hybridized carbons (Fsp3) is 0.600. The highest BCUT2D eigenvalue weighted by molar-refractivity contribution is 5.98. The molecule has 1 nitrogen and oxygen atoms in total. The maximum absolute atomic E-state index is 4.81. The van der Waals surface area contributed by atoms with Gasteiger partial charge in [0.15, 0.2) is 0 Å². The summed E-state index contributed by atoms with van der Waals surface area (Å²) in [6, 6.07) is 0. The summed E-state index contributed by atoms with van der Waals surface area (Å²) in [5, 5.41) is 0. The van der Waals surface area contributed by atoms with Gasteiger partial charge in [-0.25, -0.2) is 0 Å². The third-order valence-corrected chi connectivity index (χ3v) is 0.807. The van der Waals surface area contributed by atoms with Crippen molar-refractivity contribution in [2.24, 2.45) is 0 Å². The maximum Gasteiger partial charge on any atom is 0.147 e. The highest BCUT2D eigenvalue weighted by Gasteiger charge is 1.63. The Hall–Kier alpha value is -0.263. The molecule has 7 heavy (non-hydrogen) atoms. The molecule has 0 rings (SSSR count). The predicted octanol–water partition coefficient (Wildman–Crippen LogP) is -0.303. The minimum absolute atomic E-state index is 0.625. The van der Waals surface area contributed by atoms with Crippen LogP contribution in [0, 0.1) is 11.8 Å². The van der Waals surface area contributed by atoms with Crippen LogP contribution in [0.15, 0.2) is 0 Å². The van der Waals surface area contributed by atoms with Gasteiger partial charge >= 0.3 is 0 Å². The molecule has 0 heterocycles. The fourth-order valence-electron chi connectivity index (χ4n) is 0.248. The van der Waals surface area contributed by atoms with Crippen LogP contribution in [0.1, 0.15) is 13.3 Å². The number of hydrogen-bond acceptors (Lipinski definition) is 1. The molecule has 0 radical (unpaired) electrons. The zero-order chi connectivity index (χ0) is 5.54. The second-order valence-electron chi connectivity index (χ2n) is 1.14. The van der Waals surface area contributed by atoms with Crippen LogP contribution >= 0.6 is 0 Å². The van der Waals surface area contributed by atoms with Gasteiger partial charge in [0.1, 0.15) is 10.5 Å². The molecule has 0 aliphatic rings. The Morgan fingerprint density at radius 3 is 2.71 bits per heavy atom. The smallest absolute Gasteiger partial charge is 0.147 e. The molecule has 0 bridgehead atoms. The molecule has 0 atom stereocenters. The van der Waals surface area contributed by atoms with Gasteiger partial charge < -0.3 is 4.43 Å². The first kappa shape index (κ1) is 6.74. The van der Waals surface area contributed by atoms with E-state index < -0.39 is 0 Å². The lowest BCUT2D eigenvalue weighted by molar-refractivity contribution is 0.410. The van der Waals surface area contributed by atoms with Crippen LogP contribution in [0.3, 0.4) is 0 Å². The summed E-state index contributed by atoms with van der Waals surface area (Å²) >= 11 is 0. The van der Waals surface area contributed by atoms with E-state index in [4.69, 9.17) is 4.43 Å². The SMILES string of the molecule is CCC#CCO[SiH3]. The van der Waals surface area contributed by atoms with Crippen LogP contribution in [0.5, 0.6) is 0 Å². The summed E-state index contributed by atoms with van der Waals surface area (Å²) in [5.41, 5.74) is 0. The van der Waals surface area contributed by atoms with E-state index >= 15 is 0 Å². The average Bonchev–Trinajstić information content (AvgIpc) is 1.69. The normalized spacial score (nSPS) is 7.57. The summed E-state index contributed by atoms with van der Waals surface area (Å²) in [5.74, 6) is 5.74. The molecule has 0 aromatic heterocycles. The van der Waals surface area contributed by atoms with E-state index in [-0.39, 0.29) is 0 Å². The van der Waals surface area contributed by atoms with Gasteiger partial charge in [0.2, 0.25) is 0 Å². The second-order valence-corrected chi connectivity index (χ2v) is 1.72. The highest BCUT2D eigenvalue weighted by atomic mass is 28.2. The van der Waals surface area contributed by atoms with Gasteiger partial charge in [-0.1, -0.05) is 12.8 Å². The van der Waals surface area contributed by atoms with Crippen LogP contribution in [-0.2, 0) is 4.43 Å². The summed E-state index contributed by atoms with van der Waals surface area (Å²) in [6.45, 7) is 2.65. The van der Waals surface area contributed by atoms with Gasteiger partial charge in [-0.15, -0.1) is 5.92 Å². The predicted molar refractivity (Wildman–Crippen MR) is 34.0 cm³/mol. The van der Waals surface area contributed by atoms with E-state index in [1.807, 2.05) is 6.92 Å². The Balaban J connectivity index is 2.91. The van der Waals surface area contributed by atoms with Crippen molar-refractivity contribution in [3.63, 3.8) is 0 Å². The zero-order valence-electron chi connectivity index (χ0n) is 4.82. The minimum atomic E-state index is 0.625. The molecule has 0 amide bonds. The Morgan fingerprint density at radius 1 is 1.57 bits per heavy atom. The molecule has 0 spiro atoms. The lowest BCUT2D eigenvalue weighted by Crippen LogP contribution is -1.81. The van der Waals surface area contributed by atoms with Crippen molar-refractivity contribution in [2.75, 3.05) is 6.61 Å². The topological polar surface area (TPSA) is 9.23 Å². The molecular formula is C5H10OSi. The van der Waals surface area contributed by atoms with Gasteiger partial charge in [-0.2, -0.15) is 0 Å². The highest BCUT2D eigenvalue weighted by Crippen LogP contribution is 1.66. The van der Waals surface area contributed by atoms with E-state index in [0.29, 0.717) is 6.61 Å². The molecule has 2 heteroatoms. The summed E-state index contributed by atoms with van der Waals surface area (Å²) in [4.78, 5) is 0. The molecule has 0 aliphatic carbocycles. The molecule has 0 saturated heterocycles. The Bertz CT molecular complexity index is 79.8. The van der Waals surface area contributed by atoms with Crippen molar-refractivity contribution in [3.05, 3.63) is 0 Å². The van der Waals surface area contributed by atoms with Gasteiger partial charge in [0, 0.05) is 6.42 Å². The zero-order valence-corrected chi connectivity index (χ0v) is 6.82. The number of hydrogen-bond donors (Lipinski definition) is 0. The molecule has 0 fully saturated rings. The van der Waals surface area contributed by atoms with Crippen LogP contribution in [0.25, 0.3) is 0 Å². The van der Waals surface area contributed by atoms with Crippen molar-refractivity contribution in [2.45, 2.75) is 13.3 Å². The van der Waals surface area contributed by atoms with Crippen LogP contribution < -0.4 is 0 Å². The van der Waals surface area contributed by atoms with Crippen molar-refractivity contribution >= 4 is 10.5 Å². The lowest BCUT2D eigenvalue weighted by Gasteiger charge is -1.80. The van der Waals surface area contributed by atoms with Gasteiger partial charge in [0.25, 0.3) is 0 Å². The second kappa shape index (κ2) is 5.74. The van der Waals surface area contributed by atoms with Crippen molar-refractivity contribution < 1.29 is 4.43 Å². The average molecular weight is 114 g/mol. The molecule has 40 valence electrons. The fourth-order valence-corrected chi connectivity index (χ4v) is 0.393. The van der Waals surface area contributed by atoms with Gasteiger partial charge in [0.05, 0.1) is 6.61 Å². The third-order valence-electron chi connectivity index (χ3n) is 0.518. The Labute approximate surface area is 47.6 Å². The van der Waals surface area contributed by atoms with E-state index in [2.05, 4.69) is 11.8 Å². The third kappa shape index (κ3) is 5.74. The van der Waals surface area contributed by atoms with Crippen molar-refractivity contribution in [3.8, 4) is 11.8 Å². The molecule has 0 saturated carbocycles. The van der Waals surface area contributed by atoms with Crippen LogP contribution in [-0.4, -0.2) is 17.1 Å². The first-order chi connectivity index (χ1) is 3.41. The van der Waals surface area contributed by atoms with Gasteiger partial charge in [-0.3, -0.25) is 0 Å². The lowest BCUT2D eigenvalue weighted by atomic mass is 10.5. The molecule has 0 N–H and O–H groups in total. The van der Waals surface area contributed by atoms with Crippen LogP contribution in [0.4, 0.5) is 0 Å². The summed E-state index contributed by atoms with van der Waals surface area (Å²) < 4.78 is 4.81. The molecule has 0 unspecified atom stereocenters. The molecule has 0 aliphatic heterocycles. The molecule has 0 aromatic carbocycles. The van der Waals surface area contributed by atoms with Crippen molar-refractivity contribution in [1.82, 2.24) is 0 Å². The summed E-state index contributed by atoms with van der Waals surface area (Å²) in [7, 11) is 0.803. The monoisotopic (exact) mass is 114 g/mol. The maximum atomic E-state index is 4.81. The van der Waals surface area contributed by atoms with E-state index in [1.165, 1.54) is 0 Å². The van der Waals surface area contributed by atoms with Crippen molar-refractivity contribution in [1.29, 1.82) is 0 Å². The molecular weight excluding hydrogens is 104 g/mol. The van der Waals surface area contributed by atoms with E-state index in [9.17, 15) is 0 Å². The van der Waals surface area contributed by atoms with Gasteiger partial charge in [-0.05, 0) is 0 Å². The van der Waals surface area contributed by atoms with E-state index in [1.54, 1.807) is 0 Å². The minimum Gasteiger partial charge on any atom is -0.417 e. The first-order valence-corrected chi connectivity index (χ1v) is 3.18. The quantitative estimate of drug-likeness (QED) is 0.336. The largest absolute Gasteiger partial charge is 0.417 e. The van der Waals surface area contributed by atoms with Crippen LogP contribution in [0.2, 0.25) is 0 Å². The Morgan fingerprint density at radius 2 is 2.29 bits per heavy atom. The van der Waals surface area contributed by atoms with E-state index in [0.717, 1.165) is 16.9 Å². The molecule has 0 aromatic rings. The first-order valence-electron chi connectivity index (χ1n) is 2.36. The standard InChI is InChI=1S/C5H10OSi/c1-2-3-4-5-6-7/h2,5H2,1,7H3.